The molecule has 0 heterocycles. The Morgan fingerprint density at radius 2 is 1.89 bits per heavy atom. The van der Waals surface area contributed by atoms with Gasteiger partial charge in [-0.2, -0.15) is 0 Å². The molecule has 0 amide bonds. The third-order valence-electron chi connectivity index (χ3n) is 3.35. The van der Waals surface area contributed by atoms with Crippen molar-refractivity contribution >= 4 is 6.21 Å². The summed E-state index contributed by atoms with van der Waals surface area (Å²) in [5, 5.41) is 21.7. The van der Waals surface area contributed by atoms with Gasteiger partial charge < -0.3 is 10.3 Å². The van der Waals surface area contributed by atoms with Gasteiger partial charge in [-0.05, 0) is 24.0 Å². The Kier molecular flexibility index (Phi) is 7.91. The molecule has 0 bridgehead atoms. The monoisotopic (exact) mass is 263 g/mol. The van der Waals surface area contributed by atoms with E-state index in [2.05, 4.69) is 12.1 Å². The lowest BCUT2D eigenvalue weighted by molar-refractivity contribution is 0.161. The molecule has 1 unspecified atom stereocenters. The van der Waals surface area contributed by atoms with E-state index < -0.39 is 0 Å². The lowest BCUT2D eigenvalue weighted by Crippen LogP contribution is -2.11. The van der Waals surface area contributed by atoms with Crippen molar-refractivity contribution in [1.29, 1.82) is 0 Å². The summed E-state index contributed by atoms with van der Waals surface area (Å²) in [6, 6.07) is 7.70. The van der Waals surface area contributed by atoms with Crippen molar-refractivity contribution in [2.24, 2.45) is 5.16 Å². The summed E-state index contributed by atoms with van der Waals surface area (Å²) in [4.78, 5) is 0. The van der Waals surface area contributed by atoms with E-state index in [-0.39, 0.29) is 6.10 Å². The van der Waals surface area contributed by atoms with Crippen molar-refractivity contribution in [2.45, 2.75) is 58.0 Å². The molecule has 0 aromatic heterocycles. The topological polar surface area (TPSA) is 52.8 Å². The van der Waals surface area contributed by atoms with Crippen molar-refractivity contribution in [2.75, 3.05) is 0 Å². The highest BCUT2D eigenvalue weighted by molar-refractivity contribution is 5.81. The molecule has 1 aromatic rings. The summed E-state index contributed by atoms with van der Waals surface area (Å²) in [7, 11) is 0. The number of aliphatic hydroxyl groups is 1. The zero-order valence-corrected chi connectivity index (χ0v) is 11.8. The summed E-state index contributed by atoms with van der Waals surface area (Å²) in [6.07, 6.45) is 8.64. The molecule has 0 aliphatic heterocycles. The van der Waals surface area contributed by atoms with Gasteiger partial charge in [-0.25, -0.2) is 0 Å². The Bertz CT molecular complexity index is 377. The van der Waals surface area contributed by atoms with Crippen LogP contribution in [0.15, 0.2) is 29.4 Å². The van der Waals surface area contributed by atoms with Gasteiger partial charge in [0.1, 0.15) is 0 Å². The number of unbranched alkanes of at least 4 members (excludes halogenated alkanes) is 4. The van der Waals surface area contributed by atoms with Gasteiger partial charge in [-0.1, -0.05) is 68.4 Å². The van der Waals surface area contributed by atoms with Crippen LogP contribution in [0.5, 0.6) is 0 Å². The number of hydrogen-bond acceptors (Lipinski definition) is 3. The van der Waals surface area contributed by atoms with E-state index in [0.29, 0.717) is 6.42 Å². The van der Waals surface area contributed by atoms with Gasteiger partial charge in [-0.3, -0.25) is 0 Å². The molecule has 0 radical (unpaired) electrons. The molecule has 0 aliphatic carbocycles. The third kappa shape index (κ3) is 6.39. The first-order valence-electron chi connectivity index (χ1n) is 7.21. The molecule has 1 rings (SSSR count). The summed E-state index contributed by atoms with van der Waals surface area (Å²) < 4.78 is 0. The Labute approximate surface area is 116 Å². The molecule has 3 heteroatoms. The van der Waals surface area contributed by atoms with E-state index in [1.165, 1.54) is 31.9 Å². The standard InChI is InChI=1S/C16H25NO2/c1-2-3-4-5-6-11-16(18)12-14-9-7-8-10-15(14)13-17-19/h7-10,13,16,18-19H,2-6,11-12H2,1H3. The van der Waals surface area contributed by atoms with E-state index in [1.54, 1.807) is 0 Å². The van der Waals surface area contributed by atoms with Gasteiger partial charge in [0.05, 0.1) is 12.3 Å². The van der Waals surface area contributed by atoms with Crippen LogP contribution in [0.4, 0.5) is 0 Å². The van der Waals surface area contributed by atoms with Gasteiger partial charge in [-0.15, -0.1) is 0 Å². The van der Waals surface area contributed by atoms with Crippen LogP contribution in [0.1, 0.15) is 56.6 Å². The molecule has 2 N–H and O–H groups in total. The predicted molar refractivity (Wildman–Crippen MR) is 78.9 cm³/mol. The van der Waals surface area contributed by atoms with E-state index in [9.17, 15) is 5.11 Å². The second kappa shape index (κ2) is 9.56. The summed E-state index contributed by atoms with van der Waals surface area (Å²) in [5.74, 6) is 0. The van der Waals surface area contributed by atoms with Crippen LogP contribution in [-0.4, -0.2) is 22.6 Å². The normalized spacial score (nSPS) is 12.9. The molecule has 0 saturated carbocycles. The van der Waals surface area contributed by atoms with Crippen LogP contribution >= 0.6 is 0 Å². The second-order valence-corrected chi connectivity index (χ2v) is 5.00. The van der Waals surface area contributed by atoms with Gasteiger partial charge in [0.25, 0.3) is 0 Å². The molecule has 1 atom stereocenters. The minimum atomic E-state index is -0.310. The molecule has 0 saturated heterocycles. The van der Waals surface area contributed by atoms with Crippen molar-refractivity contribution in [3.8, 4) is 0 Å². The lowest BCUT2D eigenvalue weighted by Gasteiger charge is -2.12. The zero-order chi connectivity index (χ0) is 13.9. The van der Waals surface area contributed by atoms with E-state index in [0.717, 1.165) is 24.0 Å². The van der Waals surface area contributed by atoms with Crippen LogP contribution in [0.25, 0.3) is 0 Å². The van der Waals surface area contributed by atoms with Crippen molar-refractivity contribution in [1.82, 2.24) is 0 Å². The van der Waals surface area contributed by atoms with Gasteiger partial charge in [0, 0.05) is 0 Å². The number of benzene rings is 1. The van der Waals surface area contributed by atoms with Gasteiger partial charge in [0.2, 0.25) is 0 Å². The quantitative estimate of drug-likeness (QED) is 0.308. The molecule has 1 aromatic carbocycles. The Balaban J connectivity index is 2.37. The highest BCUT2D eigenvalue weighted by Gasteiger charge is 2.08. The number of oxime groups is 1. The van der Waals surface area contributed by atoms with Crippen LogP contribution in [0.2, 0.25) is 0 Å². The van der Waals surface area contributed by atoms with Crippen LogP contribution in [-0.2, 0) is 6.42 Å². The maximum atomic E-state index is 10.0. The second-order valence-electron chi connectivity index (χ2n) is 5.00. The zero-order valence-electron chi connectivity index (χ0n) is 11.8. The SMILES string of the molecule is CCCCCCCC(O)Cc1ccccc1C=NO. The fourth-order valence-electron chi connectivity index (χ4n) is 2.25. The predicted octanol–water partition coefficient (Wildman–Crippen LogP) is 3.76. The molecule has 0 spiro atoms. The highest BCUT2D eigenvalue weighted by Crippen LogP contribution is 2.14. The van der Waals surface area contributed by atoms with Crippen LogP contribution < -0.4 is 0 Å². The molecule has 19 heavy (non-hydrogen) atoms. The summed E-state index contributed by atoms with van der Waals surface area (Å²) in [6.45, 7) is 2.20. The molecule has 0 fully saturated rings. The number of nitrogens with zero attached hydrogens (tertiary/aromatic N) is 1. The lowest BCUT2D eigenvalue weighted by atomic mass is 9.99. The first kappa shape index (κ1) is 15.7. The Hall–Kier alpha value is -1.35. The molecular weight excluding hydrogens is 238 g/mol. The van der Waals surface area contributed by atoms with Crippen molar-refractivity contribution < 1.29 is 10.3 Å². The van der Waals surface area contributed by atoms with Gasteiger partial charge >= 0.3 is 0 Å². The number of rotatable bonds is 9. The summed E-state index contributed by atoms with van der Waals surface area (Å²) >= 11 is 0. The highest BCUT2D eigenvalue weighted by atomic mass is 16.4. The minimum absolute atomic E-state index is 0.310. The fourth-order valence-corrected chi connectivity index (χ4v) is 2.25. The largest absolute Gasteiger partial charge is 0.411 e. The molecular formula is C16H25NO2. The Morgan fingerprint density at radius 1 is 1.16 bits per heavy atom. The van der Waals surface area contributed by atoms with E-state index in [4.69, 9.17) is 5.21 Å². The first-order valence-corrected chi connectivity index (χ1v) is 7.21. The third-order valence-corrected chi connectivity index (χ3v) is 3.35. The molecule has 3 nitrogen and oxygen atoms in total. The van der Waals surface area contributed by atoms with E-state index in [1.807, 2.05) is 24.3 Å². The van der Waals surface area contributed by atoms with Crippen molar-refractivity contribution in [3.63, 3.8) is 0 Å². The Morgan fingerprint density at radius 3 is 2.63 bits per heavy atom. The maximum absolute atomic E-state index is 10.0. The number of hydrogen-bond donors (Lipinski definition) is 2. The average Bonchev–Trinajstić information content (AvgIpc) is 2.41. The van der Waals surface area contributed by atoms with Crippen LogP contribution in [0.3, 0.4) is 0 Å². The van der Waals surface area contributed by atoms with Gasteiger partial charge in [0.15, 0.2) is 0 Å². The van der Waals surface area contributed by atoms with Crippen LogP contribution in [0, 0.1) is 0 Å². The molecule has 106 valence electrons. The average molecular weight is 263 g/mol. The molecule has 0 aliphatic rings. The maximum Gasteiger partial charge on any atom is 0.0736 e. The smallest absolute Gasteiger partial charge is 0.0736 e. The summed E-state index contributed by atoms with van der Waals surface area (Å²) in [5.41, 5.74) is 1.90. The number of aliphatic hydroxyl groups excluding tert-OH is 1. The van der Waals surface area contributed by atoms with Crippen molar-refractivity contribution in [3.05, 3.63) is 35.4 Å². The fraction of sp³-hybridized carbons (Fsp3) is 0.562. The first-order chi connectivity index (χ1) is 9.27. The minimum Gasteiger partial charge on any atom is -0.411 e. The van der Waals surface area contributed by atoms with E-state index >= 15 is 0 Å².